The number of rotatable bonds is 8. The highest BCUT2D eigenvalue weighted by atomic mass is 35.5. The molecule has 0 saturated carbocycles. The zero-order valence-corrected chi connectivity index (χ0v) is 17.9. The lowest BCUT2D eigenvalue weighted by Gasteiger charge is -2.32. The summed E-state index contributed by atoms with van der Waals surface area (Å²) in [6.07, 6.45) is 3.15. The van der Waals surface area contributed by atoms with Crippen LogP contribution in [0.4, 0.5) is 0 Å². The fourth-order valence-corrected chi connectivity index (χ4v) is 3.68. The molecule has 1 aliphatic heterocycles. The Labute approximate surface area is 177 Å². The van der Waals surface area contributed by atoms with Crippen molar-refractivity contribution in [3.63, 3.8) is 0 Å². The lowest BCUT2D eigenvalue weighted by molar-refractivity contribution is 0.0910. The number of likely N-dealkylation sites (tertiary alicyclic amines) is 1. The van der Waals surface area contributed by atoms with Gasteiger partial charge in [-0.05, 0) is 61.7 Å². The molecule has 2 aromatic rings. The highest BCUT2D eigenvalue weighted by Crippen LogP contribution is 2.29. The van der Waals surface area contributed by atoms with E-state index in [2.05, 4.69) is 17.1 Å². The summed E-state index contributed by atoms with van der Waals surface area (Å²) < 4.78 is 11.3. The molecule has 1 amide bonds. The quantitative estimate of drug-likeness (QED) is 0.686. The van der Waals surface area contributed by atoms with Crippen molar-refractivity contribution in [2.45, 2.75) is 38.8 Å². The first-order chi connectivity index (χ1) is 14.1. The van der Waals surface area contributed by atoms with Gasteiger partial charge in [0.15, 0.2) is 11.5 Å². The molecule has 6 heteroatoms. The molecule has 1 aliphatic rings. The number of piperidine rings is 1. The van der Waals surface area contributed by atoms with Crippen LogP contribution in [0.5, 0.6) is 11.5 Å². The molecule has 0 bridgehead atoms. The standard InChI is InChI=1S/C23H29ClN2O3/c1-3-12-26-13-10-20(11-14-26)25-23(27)18-6-9-21(22(15-18)28-2)29-16-17-4-7-19(24)8-5-17/h4-9,15,20H,3,10-14,16H2,1-2H3,(H,25,27). The first-order valence-electron chi connectivity index (χ1n) is 10.2. The van der Waals surface area contributed by atoms with Crippen molar-refractivity contribution < 1.29 is 14.3 Å². The zero-order chi connectivity index (χ0) is 20.6. The van der Waals surface area contributed by atoms with Crippen LogP contribution in [0.3, 0.4) is 0 Å². The van der Waals surface area contributed by atoms with E-state index in [1.807, 2.05) is 24.3 Å². The molecule has 29 heavy (non-hydrogen) atoms. The fourth-order valence-electron chi connectivity index (χ4n) is 3.56. The Balaban J connectivity index is 1.57. The van der Waals surface area contributed by atoms with Gasteiger partial charge in [-0.1, -0.05) is 30.7 Å². The van der Waals surface area contributed by atoms with E-state index in [0.29, 0.717) is 28.7 Å². The van der Waals surface area contributed by atoms with Crippen molar-refractivity contribution in [1.29, 1.82) is 0 Å². The molecule has 1 N–H and O–H groups in total. The van der Waals surface area contributed by atoms with Crippen LogP contribution >= 0.6 is 11.6 Å². The summed E-state index contributed by atoms with van der Waals surface area (Å²) in [5.74, 6) is 1.08. The minimum Gasteiger partial charge on any atom is -0.493 e. The van der Waals surface area contributed by atoms with E-state index in [9.17, 15) is 4.79 Å². The molecule has 0 aromatic heterocycles. The molecule has 1 fully saturated rings. The maximum Gasteiger partial charge on any atom is 0.251 e. The topological polar surface area (TPSA) is 50.8 Å². The molecular weight excluding hydrogens is 388 g/mol. The van der Waals surface area contributed by atoms with Gasteiger partial charge in [-0.3, -0.25) is 4.79 Å². The van der Waals surface area contributed by atoms with Crippen LogP contribution < -0.4 is 14.8 Å². The maximum absolute atomic E-state index is 12.7. The van der Waals surface area contributed by atoms with Crippen molar-refractivity contribution >= 4 is 17.5 Å². The van der Waals surface area contributed by atoms with Crippen LogP contribution in [0.25, 0.3) is 0 Å². The molecule has 1 heterocycles. The van der Waals surface area contributed by atoms with E-state index in [4.69, 9.17) is 21.1 Å². The number of benzene rings is 2. The molecule has 3 rings (SSSR count). The lowest BCUT2D eigenvalue weighted by atomic mass is 10.0. The number of halogens is 1. The van der Waals surface area contributed by atoms with Crippen molar-refractivity contribution in [3.05, 3.63) is 58.6 Å². The SMILES string of the molecule is CCCN1CCC(NC(=O)c2ccc(OCc3ccc(Cl)cc3)c(OC)c2)CC1. The van der Waals surface area contributed by atoms with Gasteiger partial charge in [0, 0.05) is 29.7 Å². The second kappa shape index (κ2) is 10.5. The van der Waals surface area contributed by atoms with Crippen molar-refractivity contribution in [2.75, 3.05) is 26.7 Å². The molecule has 2 aromatic carbocycles. The van der Waals surface area contributed by atoms with Gasteiger partial charge >= 0.3 is 0 Å². The molecular formula is C23H29ClN2O3. The summed E-state index contributed by atoms with van der Waals surface area (Å²) in [5.41, 5.74) is 1.59. The van der Waals surface area contributed by atoms with Crippen molar-refractivity contribution in [1.82, 2.24) is 10.2 Å². The number of nitrogens with zero attached hydrogens (tertiary/aromatic N) is 1. The predicted molar refractivity (Wildman–Crippen MR) is 116 cm³/mol. The molecule has 0 spiro atoms. The smallest absolute Gasteiger partial charge is 0.251 e. The molecule has 0 unspecified atom stereocenters. The van der Waals surface area contributed by atoms with Crippen molar-refractivity contribution in [3.8, 4) is 11.5 Å². The summed E-state index contributed by atoms with van der Waals surface area (Å²) in [6.45, 7) is 5.81. The number of carbonyl (C=O) groups excluding carboxylic acids is 1. The highest BCUT2D eigenvalue weighted by Gasteiger charge is 2.21. The van der Waals surface area contributed by atoms with Crippen molar-refractivity contribution in [2.24, 2.45) is 0 Å². The van der Waals surface area contributed by atoms with Gasteiger partial charge in [-0.25, -0.2) is 0 Å². The molecule has 0 aliphatic carbocycles. The van der Waals surface area contributed by atoms with E-state index in [1.165, 1.54) is 6.42 Å². The molecule has 156 valence electrons. The van der Waals surface area contributed by atoms with Crippen LogP contribution in [0.1, 0.15) is 42.1 Å². The Kier molecular flexibility index (Phi) is 7.78. The molecule has 1 saturated heterocycles. The van der Waals surface area contributed by atoms with Crippen LogP contribution in [-0.2, 0) is 6.61 Å². The van der Waals surface area contributed by atoms with Gasteiger partial charge in [-0.15, -0.1) is 0 Å². The fraction of sp³-hybridized carbons (Fsp3) is 0.435. The summed E-state index contributed by atoms with van der Waals surface area (Å²) in [5, 5.41) is 3.85. The second-order valence-corrected chi connectivity index (χ2v) is 7.81. The number of nitrogens with one attached hydrogen (secondary N) is 1. The Hall–Kier alpha value is -2.24. The highest BCUT2D eigenvalue weighted by molar-refractivity contribution is 6.30. The third-order valence-corrected chi connectivity index (χ3v) is 5.45. The molecule has 0 radical (unpaired) electrons. The maximum atomic E-state index is 12.7. The lowest BCUT2D eigenvalue weighted by Crippen LogP contribution is -2.44. The molecule has 5 nitrogen and oxygen atoms in total. The van der Waals surface area contributed by atoms with Crippen LogP contribution in [0, 0.1) is 0 Å². The van der Waals surface area contributed by atoms with Crippen LogP contribution in [0.15, 0.2) is 42.5 Å². The molecule has 0 atom stereocenters. The largest absolute Gasteiger partial charge is 0.493 e. The van der Waals surface area contributed by atoms with Crippen LogP contribution in [-0.4, -0.2) is 43.6 Å². The van der Waals surface area contributed by atoms with E-state index in [1.54, 1.807) is 25.3 Å². The minimum absolute atomic E-state index is 0.0681. The normalized spacial score (nSPS) is 15.1. The monoisotopic (exact) mass is 416 g/mol. The summed E-state index contributed by atoms with van der Waals surface area (Å²) in [4.78, 5) is 15.1. The second-order valence-electron chi connectivity index (χ2n) is 7.37. The Morgan fingerprint density at radius 2 is 1.86 bits per heavy atom. The summed E-state index contributed by atoms with van der Waals surface area (Å²) in [6, 6.07) is 13.0. The third kappa shape index (κ3) is 6.12. The number of ether oxygens (including phenoxy) is 2. The average molecular weight is 417 g/mol. The first kappa shape index (κ1) is 21.5. The summed E-state index contributed by atoms with van der Waals surface area (Å²) in [7, 11) is 1.58. The van der Waals surface area contributed by atoms with E-state index < -0.39 is 0 Å². The number of hydrogen-bond acceptors (Lipinski definition) is 4. The van der Waals surface area contributed by atoms with E-state index >= 15 is 0 Å². The van der Waals surface area contributed by atoms with Gasteiger partial charge in [0.2, 0.25) is 0 Å². The van der Waals surface area contributed by atoms with Gasteiger partial charge in [0.1, 0.15) is 6.61 Å². The zero-order valence-electron chi connectivity index (χ0n) is 17.1. The first-order valence-corrected chi connectivity index (χ1v) is 10.6. The van der Waals surface area contributed by atoms with Gasteiger partial charge < -0.3 is 19.7 Å². The van der Waals surface area contributed by atoms with Crippen LogP contribution in [0.2, 0.25) is 5.02 Å². The number of amides is 1. The third-order valence-electron chi connectivity index (χ3n) is 5.20. The predicted octanol–water partition coefficient (Wildman–Crippen LogP) is 4.53. The number of methoxy groups -OCH3 is 1. The Morgan fingerprint density at radius 1 is 1.14 bits per heavy atom. The van der Waals surface area contributed by atoms with E-state index in [-0.39, 0.29) is 11.9 Å². The average Bonchev–Trinajstić information content (AvgIpc) is 2.74. The number of hydrogen-bond donors (Lipinski definition) is 1. The Morgan fingerprint density at radius 3 is 2.52 bits per heavy atom. The van der Waals surface area contributed by atoms with Gasteiger partial charge in [0.05, 0.1) is 7.11 Å². The number of carbonyl (C=O) groups is 1. The van der Waals surface area contributed by atoms with Gasteiger partial charge in [0.25, 0.3) is 5.91 Å². The summed E-state index contributed by atoms with van der Waals surface area (Å²) >= 11 is 5.91. The minimum atomic E-state index is -0.0681. The van der Waals surface area contributed by atoms with Gasteiger partial charge in [-0.2, -0.15) is 0 Å². The Bertz CT molecular complexity index is 802. The van der Waals surface area contributed by atoms with E-state index in [0.717, 1.165) is 38.0 Å².